The van der Waals surface area contributed by atoms with E-state index >= 15 is 4.39 Å². The number of carbonyl (C=O) groups is 1. The summed E-state index contributed by atoms with van der Waals surface area (Å²) in [7, 11) is 3.25. The molecule has 0 atom stereocenters. The predicted molar refractivity (Wildman–Crippen MR) is 124 cm³/mol. The zero-order valence-electron chi connectivity index (χ0n) is 17.8. The highest BCUT2D eigenvalue weighted by Crippen LogP contribution is 2.33. The zero-order chi connectivity index (χ0) is 22.4. The second-order valence-corrected chi connectivity index (χ2v) is 8.07. The van der Waals surface area contributed by atoms with Crippen molar-refractivity contribution < 1.29 is 18.7 Å². The van der Waals surface area contributed by atoms with Gasteiger partial charge in [-0.15, -0.1) is 0 Å². The van der Waals surface area contributed by atoms with Gasteiger partial charge in [0.15, 0.2) is 0 Å². The third kappa shape index (κ3) is 5.44. The molecule has 0 unspecified atom stereocenters. The van der Waals surface area contributed by atoms with E-state index < -0.39 is 0 Å². The number of nitrogens with zero attached hydrogens (tertiary/aromatic N) is 1. The van der Waals surface area contributed by atoms with Crippen molar-refractivity contribution in [3.8, 4) is 11.5 Å². The van der Waals surface area contributed by atoms with Crippen LogP contribution in [0.1, 0.15) is 22.3 Å². The quantitative estimate of drug-likeness (QED) is 0.355. The summed E-state index contributed by atoms with van der Waals surface area (Å²) in [5, 5.41) is 0. The Morgan fingerprint density at radius 1 is 0.935 bits per heavy atom. The van der Waals surface area contributed by atoms with Gasteiger partial charge in [0.2, 0.25) is 0 Å². The van der Waals surface area contributed by atoms with E-state index in [1.165, 1.54) is 0 Å². The highest BCUT2D eigenvalue weighted by molar-refractivity contribution is 9.10. The van der Waals surface area contributed by atoms with Gasteiger partial charge in [0.05, 0.1) is 19.9 Å². The van der Waals surface area contributed by atoms with Gasteiger partial charge in [-0.25, -0.2) is 4.39 Å². The number of hydrogen-bond acceptors (Lipinski definition) is 4. The van der Waals surface area contributed by atoms with Gasteiger partial charge in [-0.3, -0.25) is 0 Å². The molecule has 6 heteroatoms. The molecule has 0 spiro atoms. The fraction of sp³-hybridized carbons (Fsp3) is 0.240. The maximum absolute atomic E-state index is 15.4. The lowest BCUT2D eigenvalue weighted by Gasteiger charge is -2.27. The van der Waals surface area contributed by atoms with Crippen LogP contribution in [0.3, 0.4) is 0 Å². The highest BCUT2D eigenvalue weighted by Gasteiger charge is 2.19. The normalized spacial score (nSPS) is 10.6. The van der Waals surface area contributed by atoms with Gasteiger partial charge in [0.1, 0.15) is 23.6 Å². The van der Waals surface area contributed by atoms with Crippen LogP contribution in [0.5, 0.6) is 11.5 Å². The molecule has 0 aliphatic rings. The van der Waals surface area contributed by atoms with Crippen LogP contribution in [-0.2, 0) is 24.3 Å². The van der Waals surface area contributed by atoms with Crippen LogP contribution in [0.4, 0.5) is 10.1 Å². The van der Waals surface area contributed by atoms with Crippen LogP contribution in [-0.4, -0.2) is 20.5 Å². The summed E-state index contributed by atoms with van der Waals surface area (Å²) >= 11 is 3.52. The molecule has 0 aliphatic carbocycles. The van der Waals surface area contributed by atoms with Crippen molar-refractivity contribution in [2.24, 2.45) is 0 Å². The lowest BCUT2D eigenvalue weighted by Crippen LogP contribution is -2.24. The number of methoxy groups -OCH3 is 2. The van der Waals surface area contributed by atoms with Gasteiger partial charge >= 0.3 is 0 Å². The molecule has 0 bridgehead atoms. The molecule has 0 saturated carbocycles. The molecule has 0 saturated heterocycles. The molecule has 0 radical (unpaired) electrons. The number of anilines is 1. The Bertz CT molecular complexity index is 987. The minimum Gasteiger partial charge on any atom is -0.497 e. The molecule has 0 fully saturated rings. The lowest BCUT2D eigenvalue weighted by atomic mass is 10.0. The maximum atomic E-state index is 15.4. The lowest BCUT2D eigenvalue weighted by molar-refractivity contribution is -0.107. The van der Waals surface area contributed by atoms with Crippen LogP contribution < -0.4 is 14.4 Å². The average Bonchev–Trinajstić information content (AvgIpc) is 2.79. The van der Waals surface area contributed by atoms with Crippen LogP contribution in [0.25, 0.3) is 0 Å². The van der Waals surface area contributed by atoms with Gasteiger partial charge in [-0.1, -0.05) is 40.2 Å². The van der Waals surface area contributed by atoms with Gasteiger partial charge in [-0.05, 0) is 59.5 Å². The molecule has 4 nitrogen and oxygen atoms in total. The highest BCUT2D eigenvalue weighted by atomic mass is 79.9. The van der Waals surface area contributed by atoms with Crippen LogP contribution in [0, 0.1) is 12.7 Å². The summed E-state index contributed by atoms with van der Waals surface area (Å²) < 4.78 is 26.7. The van der Waals surface area contributed by atoms with E-state index in [1.54, 1.807) is 27.2 Å². The molecule has 3 aromatic rings. The summed E-state index contributed by atoms with van der Waals surface area (Å²) in [6.45, 7) is 2.72. The standard InChI is InChI=1S/C25H25BrFNO3/c1-17-22(12-13-29)23(26)14-24(25(17)27)28(15-18-4-8-20(30-2)9-5-18)16-19-6-10-21(31-3)11-7-19/h4-11,13-14H,12,15-16H2,1-3H3. The second kappa shape index (κ2) is 10.4. The Balaban J connectivity index is 2.00. The third-order valence-electron chi connectivity index (χ3n) is 5.25. The third-order valence-corrected chi connectivity index (χ3v) is 5.96. The molecular weight excluding hydrogens is 461 g/mol. The number of halogens is 2. The van der Waals surface area contributed by atoms with E-state index in [0.29, 0.717) is 29.9 Å². The summed E-state index contributed by atoms with van der Waals surface area (Å²) in [5.41, 5.74) is 3.68. The van der Waals surface area contributed by atoms with Crippen molar-refractivity contribution in [2.75, 3.05) is 19.1 Å². The first-order valence-electron chi connectivity index (χ1n) is 9.88. The van der Waals surface area contributed by atoms with Gasteiger partial charge in [-0.2, -0.15) is 0 Å². The molecule has 0 N–H and O–H groups in total. The molecule has 0 aliphatic heterocycles. The van der Waals surface area contributed by atoms with Crippen molar-refractivity contribution >= 4 is 27.9 Å². The van der Waals surface area contributed by atoms with Crippen molar-refractivity contribution in [3.05, 3.63) is 87.1 Å². The molecule has 162 valence electrons. The van der Waals surface area contributed by atoms with Crippen LogP contribution >= 0.6 is 15.9 Å². The summed E-state index contributed by atoms with van der Waals surface area (Å²) in [5.74, 6) is 1.23. The first-order valence-corrected chi connectivity index (χ1v) is 10.7. The first kappa shape index (κ1) is 22.8. The molecular formula is C25H25BrFNO3. The van der Waals surface area contributed by atoms with Crippen molar-refractivity contribution in [3.63, 3.8) is 0 Å². The van der Waals surface area contributed by atoms with Gasteiger partial charge < -0.3 is 19.2 Å². The summed E-state index contributed by atoms with van der Waals surface area (Å²) in [6.07, 6.45) is 0.958. The smallest absolute Gasteiger partial charge is 0.149 e. The Hall–Kier alpha value is -2.86. The molecule has 3 rings (SSSR count). The summed E-state index contributed by atoms with van der Waals surface area (Å²) in [4.78, 5) is 13.0. The van der Waals surface area contributed by atoms with Crippen LogP contribution in [0.2, 0.25) is 0 Å². The maximum Gasteiger partial charge on any atom is 0.149 e. The van der Waals surface area contributed by atoms with E-state index in [0.717, 1.165) is 33.4 Å². The Morgan fingerprint density at radius 3 is 1.84 bits per heavy atom. The predicted octanol–water partition coefficient (Wildman–Crippen LogP) is 5.86. The molecule has 0 aromatic heterocycles. The average molecular weight is 486 g/mol. The van der Waals surface area contributed by atoms with E-state index in [1.807, 2.05) is 53.4 Å². The molecule has 31 heavy (non-hydrogen) atoms. The monoisotopic (exact) mass is 485 g/mol. The van der Waals surface area contributed by atoms with Crippen molar-refractivity contribution in [1.82, 2.24) is 0 Å². The number of rotatable bonds is 9. The molecule has 0 amide bonds. The van der Waals surface area contributed by atoms with E-state index in [9.17, 15) is 4.79 Å². The Kier molecular flexibility index (Phi) is 7.69. The minimum absolute atomic E-state index is 0.167. The zero-order valence-corrected chi connectivity index (χ0v) is 19.4. The second-order valence-electron chi connectivity index (χ2n) is 7.22. The summed E-state index contributed by atoms with van der Waals surface area (Å²) in [6, 6.07) is 17.2. The first-order chi connectivity index (χ1) is 15.0. The number of benzene rings is 3. The number of aldehydes is 1. The Morgan fingerprint density at radius 2 is 1.42 bits per heavy atom. The van der Waals surface area contributed by atoms with Gasteiger partial charge in [0.25, 0.3) is 0 Å². The number of hydrogen-bond donors (Lipinski definition) is 0. The fourth-order valence-corrected chi connectivity index (χ4v) is 4.14. The SMILES string of the molecule is COc1ccc(CN(Cc2ccc(OC)cc2)c2cc(Br)c(CC=O)c(C)c2F)cc1. The van der Waals surface area contributed by atoms with Crippen molar-refractivity contribution in [2.45, 2.75) is 26.4 Å². The molecule has 3 aromatic carbocycles. The van der Waals surface area contributed by atoms with E-state index in [4.69, 9.17) is 9.47 Å². The van der Waals surface area contributed by atoms with Crippen molar-refractivity contribution in [1.29, 1.82) is 0 Å². The topological polar surface area (TPSA) is 38.8 Å². The number of ether oxygens (including phenoxy) is 2. The van der Waals surface area contributed by atoms with E-state index in [-0.39, 0.29) is 12.2 Å². The molecule has 0 heterocycles. The van der Waals surface area contributed by atoms with Gasteiger partial charge in [0, 0.05) is 24.0 Å². The minimum atomic E-state index is -0.318. The number of carbonyl (C=O) groups excluding carboxylic acids is 1. The van der Waals surface area contributed by atoms with E-state index in [2.05, 4.69) is 15.9 Å². The fourth-order valence-electron chi connectivity index (χ4n) is 3.47. The van der Waals surface area contributed by atoms with Crippen LogP contribution in [0.15, 0.2) is 59.1 Å². The Labute approximate surface area is 190 Å². The largest absolute Gasteiger partial charge is 0.497 e.